The molecule has 2 rings (SSSR count). The van der Waals surface area contributed by atoms with Gasteiger partial charge in [-0.3, -0.25) is 9.59 Å². The lowest BCUT2D eigenvalue weighted by Crippen LogP contribution is -2.34. The molecule has 0 bridgehead atoms. The second-order valence-corrected chi connectivity index (χ2v) is 7.61. The van der Waals surface area contributed by atoms with Gasteiger partial charge in [-0.25, -0.2) is 9.18 Å². The standard InChI is InChI=1S/C22H26FN3O5/c1-22(2,3)31-21(29)24-11-10-19(27)25-16-8-9-18(30-4)17(13-16)26-20(28)14-6-5-7-15(23)12-14/h5-9,12-13H,10-11H2,1-4H3,(H,24,29)(H,25,27)(H,26,28). The van der Waals surface area contributed by atoms with E-state index in [4.69, 9.17) is 9.47 Å². The summed E-state index contributed by atoms with van der Waals surface area (Å²) < 4.78 is 23.7. The lowest BCUT2D eigenvalue weighted by Gasteiger charge is -2.19. The Bertz CT molecular complexity index is 956. The Hall–Kier alpha value is -3.62. The number of alkyl carbamates (subject to hydrolysis) is 1. The summed E-state index contributed by atoms with van der Waals surface area (Å²) in [6, 6.07) is 9.98. The molecular weight excluding hydrogens is 405 g/mol. The minimum absolute atomic E-state index is 0.0241. The molecule has 2 aromatic carbocycles. The number of hydrogen-bond donors (Lipinski definition) is 3. The summed E-state index contributed by atoms with van der Waals surface area (Å²) in [5, 5.41) is 7.83. The number of rotatable bonds is 7. The van der Waals surface area contributed by atoms with E-state index < -0.39 is 23.4 Å². The van der Waals surface area contributed by atoms with E-state index >= 15 is 0 Å². The van der Waals surface area contributed by atoms with Crippen molar-refractivity contribution in [3.8, 4) is 5.75 Å². The first-order valence-electron chi connectivity index (χ1n) is 9.59. The minimum atomic E-state index is -0.623. The van der Waals surface area contributed by atoms with E-state index in [2.05, 4.69) is 16.0 Å². The molecule has 8 nitrogen and oxygen atoms in total. The second kappa shape index (κ2) is 10.4. The van der Waals surface area contributed by atoms with Gasteiger partial charge in [-0.05, 0) is 57.2 Å². The number of ether oxygens (including phenoxy) is 2. The minimum Gasteiger partial charge on any atom is -0.495 e. The van der Waals surface area contributed by atoms with Crippen molar-refractivity contribution in [1.29, 1.82) is 0 Å². The van der Waals surface area contributed by atoms with Crippen molar-refractivity contribution in [3.05, 3.63) is 53.8 Å². The van der Waals surface area contributed by atoms with Crippen LogP contribution in [0.2, 0.25) is 0 Å². The van der Waals surface area contributed by atoms with E-state index in [1.807, 2.05) is 0 Å². The molecule has 0 radical (unpaired) electrons. The van der Waals surface area contributed by atoms with Crippen LogP contribution in [0.15, 0.2) is 42.5 Å². The molecule has 0 aliphatic carbocycles. The molecule has 9 heteroatoms. The summed E-state index contributed by atoms with van der Waals surface area (Å²) in [5.41, 5.74) is 0.241. The molecule has 2 aromatic rings. The third-order valence-electron chi connectivity index (χ3n) is 3.84. The van der Waals surface area contributed by atoms with Gasteiger partial charge in [-0.1, -0.05) is 6.07 Å². The molecule has 166 valence electrons. The summed E-state index contributed by atoms with van der Waals surface area (Å²) in [4.78, 5) is 36.2. The van der Waals surface area contributed by atoms with Crippen molar-refractivity contribution in [2.24, 2.45) is 0 Å². The maximum absolute atomic E-state index is 13.4. The fourth-order valence-electron chi connectivity index (χ4n) is 2.52. The normalized spacial score (nSPS) is 10.7. The largest absolute Gasteiger partial charge is 0.495 e. The molecule has 0 fully saturated rings. The van der Waals surface area contributed by atoms with E-state index in [0.29, 0.717) is 17.1 Å². The third kappa shape index (κ3) is 7.96. The average molecular weight is 431 g/mol. The van der Waals surface area contributed by atoms with Crippen LogP contribution in [-0.2, 0) is 9.53 Å². The van der Waals surface area contributed by atoms with E-state index in [9.17, 15) is 18.8 Å². The van der Waals surface area contributed by atoms with Crippen LogP contribution >= 0.6 is 0 Å². The summed E-state index contributed by atoms with van der Waals surface area (Å²) in [5.74, 6) is -1.03. The molecule has 0 atom stereocenters. The van der Waals surface area contributed by atoms with E-state index in [0.717, 1.165) is 6.07 Å². The maximum Gasteiger partial charge on any atom is 0.407 e. The van der Waals surface area contributed by atoms with Gasteiger partial charge in [0.2, 0.25) is 5.91 Å². The van der Waals surface area contributed by atoms with Crippen LogP contribution < -0.4 is 20.7 Å². The van der Waals surface area contributed by atoms with Gasteiger partial charge < -0.3 is 25.4 Å². The van der Waals surface area contributed by atoms with Gasteiger partial charge >= 0.3 is 6.09 Å². The zero-order chi connectivity index (χ0) is 23.0. The van der Waals surface area contributed by atoms with Gasteiger partial charge in [0.15, 0.2) is 0 Å². The molecule has 0 spiro atoms. The topological polar surface area (TPSA) is 106 Å². The molecule has 0 saturated heterocycles. The second-order valence-electron chi connectivity index (χ2n) is 7.61. The first kappa shape index (κ1) is 23.7. The quantitative estimate of drug-likeness (QED) is 0.616. The van der Waals surface area contributed by atoms with Crippen molar-refractivity contribution in [2.45, 2.75) is 32.8 Å². The number of amides is 3. The number of nitrogens with one attached hydrogen (secondary N) is 3. The van der Waals surface area contributed by atoms with Gasteiger partial charge in [-0.15, -0.1) is 0 Å². The average Bonchev–Trinajstić information content (AvgIpc) is 2.66. The van der Waals surface area contributed by atoms with Crippen LogP contribution in [0.5, 0.6) is 5.75 Å². The first-order chi connectivity index (χ1) is 14.6. The zero-order valence-electron chi connectivity index (χ0n) is 17.9. The first-order valence-corrected chi connectivity index (χ1v) is 9.59. The van der Waals surface area contributed by atoms with Crippen LogP contribution in [0, 0.1) is 5.82 Å². The molecule has 0 heterocycles. The van der Waals surface area contributed by atoms with Crippen LogP contribution in [0.1, 0.15) is 37.6 Å². The monoisotopic (exact) mass is 431 g/mol. The highest BCUT2D eigenvalue weighted by Gasteiger charge is 2.16. The zero-order valence-corrected chi connectivity index (χ0v) is 17.9. The molecule has 0 aliphatic heterocycles. The predicted molar refractivity (Wildman–Crippen MR) is 115 cm³/mol. The molecule has 3 amide bonds. The lowest BCUT2D eigenvalue weighted by atomic mass is 10.2. The smallest absolute Gasteiger partial charge is 0.407 e. The molecule has 0 unspecified atom stereocenters. The Kier molecular flexibility index (Phi) is 7.95. The Morgan fingerprint density at radius 3 is 2.42 bits per heavy atom. The fraction of sp³-hybridized carbons (Fsp3) is 0.318. The van der Waals surface area contributed by atoms with Gasteiger partial charge in [-0.2, -0.15) is 0 Å². The summed E-state index contributed by atoms with van der Waals surface area (Å²) in [7, 11) is 1.44. The molecule has 0 aromatic heterocycles. The third-order valence-corrected chi connectivity index (χ3v) is 3.84. The predicted octanol–water partition coefficient (Wildman–Crippen LogP) is 3.94. The van der Waals surface area contributed by atoms with Crippen LogP contribution in [0.4, 0.5) is 20.6 Å². The highest BCUT2D eigenvalue weighted by atomic mass is 19.1. The molecule has 0 saturated carbocycles. The fourth-order valence-corrected chi connectivity index (χ4v) is 2.52. The molecule has 0 aliphatic rings. The van der Waals surface area contributed by atoms with Crippen LogP contribution in [0.3, 0.4) is 0 Å². The summed E-state index contributed by atoms with van der Waals surface area (Å²) in [6.07, 6.45) is -0.580. The number of carbonyl (C=O) groups excluding carboxylic acids is 3. The Morgan fingerprint density at radius 2 is 1.77 bits per heavy atom. The van der Waals surface area contributed by atoms with Crippen LogP contribution in [-0.4, -0.2) is 37.2 Å². The molecule has 3 N–H and O–H groups in total. The van der Waals surface area contributed by atoms with Crippen molar-refractivity contribution < 1.29 is 28.2 Å². The number of anilines is 2. The van der Waals surface area contributed by atoms with Crippen LogP contribution in [0.25, 0.3) is 0 Å². The van der Waals surface area contributed by atoms with Crippen molar-refractivity contribution in [3.63, 3.8) is 0 Å². The van der Waals surface area contributed by atoms with E-state index in [-0.39, 0.29) is 24.4 Å². The van der Waals surface area contributed by atoms with E-state index in [1.54, 1.807) is 32.9 Å². The van der Waals surface area contributed by atoms with Gasteiger partial charge in [0.05, 0.1) is 12.8 Å². The van der Waals surface area contributed by atoms with Crippen molar-refractivity contribution in [1.82, 2.24) is 5.32 Å². The van der Waals surface area contributed by atoms with E-state index in [1.165, 1.54) is 31.4 Å². The highest BCUT2D eigenvalue weighted by Crippen LogP contribution is 2.28. The number of benzene rings is 2. The Balaban J connectivity index is 1.97. The number of methoxy groups -OCH3 is 1. The lowest BCUT2D eigenvalue weighted by molar-refractivity contribution is -0.116. The molecular formula is C22H26FN3O5. The number of hydrogen-bond acceptors (Lipinski definition) is 5. The van der Waals surface area contributed by atoms with Gasteiger partial charge in [0, 0.05) is 24.2 Å². The number of halogens is 1. The molecule has 31 heavy (non-hydrogen) atoms. The number of carbonyl (C=O) groups is 3. The summed E-state index contributed by atoms with van der Waals surface area (Å²) in [6.45, 7) is 5.33. The highest BCUT2D eigenvalue weighted by molar-refractivity contribution is 6.05. The SMILES string of the molecule is COc1ccc(NC(=O)CCNC(=O)OC(C)(C)C)cc1NC(=O)c1cccc(F)c1. The Morgan fingerprint density at radius 1 is 1.03 bits per heavy atom. The summed E-state index contributed by atoms with van der Waals surface area (Å²) >= 11 is 0. The van der Waals surface area contributed by atoms with Crippen molar-refractivity contribution >= 4 is 29.3 Å². The van der Waals surface area contributed by atoms with Gasteiger partial charge in [0.1, 0.15) is 17.2 Å². The Labute approximate surface area is 180 Å². The van der Waals surface area contributed by atoms with Gasteiger partial charge in [0.25, 0.3) is 5.91 Å². The van der Waals surface area contributed by atoms with Crippen molar-refractivity contribution in [2.75, 3.05) is 24.3 Å². The maximum atomic E-state index is 13.4.